The van der Waals surface area contributed by atoms with Crippen LogP contribution in [-0.2, 0) is 6.54 Å². The van der Waals surface area contributed by atoms with Crippen molar-refractivity contribution in [3.8, 4) is 5.82 Å². The van der Waals surface area contributed by atoms with Crippen LogP contribution < -0.4 is 5.32 Å². The molecule has 2 heterocycles. The zero-order valence-corrected chi connectivity index (χ0v) is 15.6. The molecule has 1 aromatic carbocycles. The minimum atomic E-state index is -0.216. The van der Waals surface area contributed by atoms with Crippen molar-refractivity contribution in [1.82, 2.24) is 24.9 Å². The summed E-state index contributed by atoms with van der Waals surface area (Å²) in [5.74, 6) is 0.946. The van der Waals surface area contributed by atoms with Gasteiger partial charge in [-0.25, -0.2) is 4.68 Å². The molecule has 0 radical (unpaired) electrons. The van der Waals surface area contributed by atoms with E-state index in [2.05, 4.69) is 29.5 Å². The van der Waals surface area contributed by atoms with E-state index < -0.39 is 0 Å². The van der Waals surface area contributed by atoms with Crippen molar-refractivity contribution in [2.75, 3.05) is 6.54 Å². The molecular formula is C19H22ClN5O. The van der Waals surface area contributed by atoms with Gasteiger partial charge in [-0.3, -0.25) is 4.79 Å². The van der Waals surface area contributed by atoms with E-state index in [9.17, 15) is 4.79 Å². The second-order valence-electron chi connectivity index (χ2n) is 6.58. The summed E-state index contributed by atoms with van der Waals surface area (Å²) in [6.07, 6.45) is 4.66. The van der Waals surface area contributed by atoms with Crippen LogP contribution in [0.25, 0.3) is 5.82 Å². The molecule has 136 valence electrons. The highest BCUT2D eigenvalue weighted by Gasteiger charge is 2.21. The lowest BCUT2D eigenvalue weighted by atomic mass is 10.1. The molecule has 1 amide bonds. The Morgan fingerprint density at radius 3 is 2.69 bits per heavy atom. The van der Waals surface area contributed by atoms with Gasteiger partial charge < -0.3 is 9.88 Å². The van der Waals surface area contributed by atoms with Crippen LogP contribution in [0, 0.1) is 5.92 Å². The Kier molecular flexibility index (Phi) is 5.73. The summed E-state index contributed by atoms with van der Waals surface area (Å²) in [4.78, 5) is 12.6. The first-order chi connectivity index (χ1) is 12.5. The second kappa shape index (κ2) is 8.19. The molecule has 3 aromatic rings. The Balaban J connectivity index is 1.88. The second-order valence-corrected chi connectivity index (χ2v) is 7.01. The molecule has 0 atom stereocenters. The number of aromatic nitrogens is 4. The van der Waals surface area contributed by atoms with Gasteiger partial charge in [0.05, 0.1) is 6.54 Å². The maximum atomic E-state index is 12.6. The van der Waals surface area contributed by atoms with Crippen molar-refractivity contribution in [2.24, 2.45) is 5.92 Å². The van der Waals surface area contributed by atoms with Gasteiger partial charge in [0.15, 0.2) is 11.5 Å². The van der Waals surface area contributed by atoms with Crippen molar-refractivity contribution in [3.63, 3.8) is 0 Å². The van der Waals surface area contributed by atoms with Crippen LogP contribution in [0.4, 0.5) is 0 Å². The zero-order chi connectivity index (χ0) is 18.5. The van der Waals surface area contributed by atoms with E-state index in [4.69, 9.17) is 11.6 Å². The van der Waals surface area contributed by atoms with E-state index in [0.29, 0.717) is 35.5 Å². The van der Waals surface area contributed by atoms with E-state index in [0.717, 1.165) is 12.0 Å². The van der Waals surface area contributed by atoms with Gasteiger partial charge in [0.25, 0.3) is 5.91 Å². The van der Waals surface area contributed by atoms with Gasteiger partial charge >= 0.3 is 0 Å². The minimum Gasteiger partial charge on any atom is -0.351 e. The fourth-order valence-electron chi connectivity index (χ4n) is 2.66. The molecule has 7 heteroatoms. The Hall–Kier alpha value is -2.60. The number of carbonyl (C=O) groups is 1. The molecule has 1 N–H and O–H groups in total. The van der Waals surface area contributed by atoms with Crippen LogP contribution in [0.2, 0.25) is 5.02 Å². The third kappa shape index (κ3) is 4.32. The molecule has 0 bridgehead atoms. The number of nitrogens with one attached hydrogen (secondary N) is 1. The first kappa shape index (κ1) is 18.2. The molecule has 0 unspecified atom stereocenters. The van der Waals surface area contributed by atoms with E-state index >= 15 is 0 Å². The van der Waals surface area contributed by atoms with Crippen molar-refractivity contribution in [2.45, 2.75) is 26.8 Å². The average molecular weight is 372 g/mol. The van der Waals surface area contributed by atoms with Gasteiger partial charge in [-0.05, 0) is 42.2 Å². The summed E-state index contributed by atoms with van der Waals surface area (Å²) in [5.41, 5.74) is 1.30. The normalized spacial score (nSPS) is 11.1. The number of amides is 1. The molecule has 0 spiro atoms. The van der Waals surface area contributed by atoms with Crippen LogP contribution in [0.5, 0.6) is 0 Å². The maximum absolute atomic E-state index is 12.6. The Labute approximate surface area is 157 Å². The monoisotopic (exact) mass is 371 g/mol. The summed E-state index contributed by atoms with van der Waals surface area (Å²) in [6.45, 7) is 5.33. The number of rotatable bonds is 7. The van der Waals surface area contributed by atoms with Crippen molar-refractivity contribution < 1.29 is 4.79 Å². The summed E-state index contributed by atoms with van der Waals surface area (Å²) in [7, 11) is 0. The summed E-state index contributed by atoms with van der Waals surface area (Å²) in [6, 6.07) is 11.4. The molecule has 26 heavy (non-hydrogen) atoms. The number of carbonyl (C=O) groups excluding carboxylic acids is 1. The Morgan fingerprint density at radius 2 is 2.00 bits per heavy atom. The third-order valence-corrected chi connectivity index (χ3v) is 4.24. The van der Waals surface area contributed by atoms with E-state index in [1.807, 2.05) is 53.4 Å². The highest BCUT2D eigenvalue weighted by molar-refractivity contribution is 6.30. The molecule has 0 aliphatic heterocycles. The lowest BCUT2D eigenvalue weighted by Crippen LogP contribution is -2.27. The third-order valence-electron chi connectivity index (χ3n) is 4.00. The summed E-state index contributed by atoms with van der Waals surface area (Å²) in [5, 5.41) is 11.9. The standard InChI is InChI=1S/C19H22ClN5O/c1-14(2)8-9-21-18(26)17-19(24-10-3-4-11-24)25(23-22-17)13-15-6-5-7-16(20)12-15/h3-7,10-12,14H,8-9,13H2,1-2H3,(H,21,26). The molecule has 0 aliphatic rings. The average Bonchev–Trinajstić information content (AvgIpc) is 3.23. The SMILES string of the molecule is CC(C)CCNC(=O)c1nnn(Cc2cccc(Cl)c2)c1-n1cccc1. The molecule has 0 saturated heterocycles. The Bertz CT molecular complexity index is 870. The number of hydrogen-bond donors (Lipinski definition) is 1. The molecule has 0 aliphatic carbocycles. The van der Waals surface area contributed by atoms with Crippen LogP contribution in [0.1, 0.15) is 36.3 Å². The zero-order valence-electron chi connectivity index (χ0n) is 14.9. The number of halogens is 1. The largest absolute Gasteiger partial charge is 0.351 e. The quantitative estimate of drug-likeness (QED) is 0.690. The van der Waals surface area contributed by atoms with Gasteiger partial charge in [0.1, 0.15) is 0 Å². The first-order valence-corrected chi connectivity index (χ1v) is 9.02. The molecule has 3 rings (SSSR count). The lowest BCUT2D eigenvalue weighted by Gasteiger charge is -2.10. The van der Waals surface area contributed by atoms with E-state index in [1.54, 1.807) is 4.68 Å². The predicted molar refractivity (Wildman–Crippen MR) is 102 cm³/mol. The minimum absolute atomic E-state index is 0.216. The van der Waals surface area contributed by atoms with Gasteiger partial charge in [0, 0.05) is 24.0 Å². The topological polar surface area (TPSA) is 64.7 Å². The summed E-state index contributed by atoms with van der Waals surface area (Å²) < 4.78 is 3.56. The first-order valence-electron chi connectivity index (χ1n) is 8.64. The predicted octanol–water partition coefficient (Wildman–Crippen LogP) is 3.55. The van der Waals surface area contributed by atoms with Crippen molar-refractivity contribution >= 4 is 17.5 Å². The highest BCUT2D eigenvalue weighted by Crippen LogP contribution is 2.17. The molecule has 0 fully saturated rings. The lowest BCUT2D eigenvalue weighted by molar-refractivity contribution is 0.0947. The van der Waals surface area contributed by atoms with Crippen molar-refractivity contribution in [3.05, 3.63) is 65.1 Å². The van der Waals surface area contributed by atoms with E-state index in [1.165, 1.54) is 0 Å². The molecule has 0 saturated carbocycles. The highest BCUT2D eigenvalue weighted by atomic mass is 35.5. The van der Waals surface area contributed by atoms with Crippen molar-refractivity contribution in [1.29, 1.82) is 0 Å². The van der Waals surface area contributed by atoms with Crippen LogP contribution in [0.3, 0.4) is 0 Å². The summed E-state index contributed by atoms with van der Waals surface area (Å²) >= 11 is 6.07. The number of nitrogens with zero attached hydrogens (tertiary/aromatic N) is 4. The molecule has 6 nitrogen and oxygen atoms in total. The van der Waals surface area contributed by atoms with E-state index in [-0.39, 0.29) is 5.91 Å². The van der Waals surface area contributed by atoms with Gasteiger partial charge in [0.2, 0.25) is 0 Å². The molecule has 2 aromatic heterocycles. The maximum Gasteiger partial charge on any atom is 0.275 e. The smallest absolute Gasteiger partial charge is 0.275 e. The van der Waals surface area contributed by atoms with Crippen LogP contribution in [-0.4, -0.2) is 32.0 Å². The molecular weight excluding hydrogens is 350 g/mol. The number of benzene rings is 1. The van der Waals surface area contributed by atoms with Gasteiger partial charge in [-0.15, -0.1) is 5.10 Å². The van der Waals surface area contributed by atoms with Crippen LogP contribution in [0.15, 0.2) is 48.8 Å². The number of hydrogen-bond acceptors (Lipinski definition) is 3. The van der Waals surface area contributed by atoms with Gasteiger partial charge in [-0.2, -0.15) is 0 Å². The fraction of sp³-hybridized carbons (Fsp3) is 0.316. The van der Waals surface area contributed by atoms with Gasteiger partial charge in [-0.1, -0.05) is 42.8 Å². The fourth-order valence-corrected chi connectivity index (χ4v) is 2.87. The Morgan fingerprint density at radius 1 is 1.23 bits per heavy atom. The van der Waals surface area contributed by atoms with Crippen LogP contribution >= 0.6 is 11.6 Å².